The Morgan fingerprint density at radius 3 is 2.38 bits per heavy atom. The minimum absolute atomic E-state index is 0.176. The molecule has 0 aliphatic carbocycles. The highest BCUT2D eigenvalue weighted by Crippen LogP contribution is 2.26. The summed E-state index contributed by atoms with van der Waals surface area (Å²) in [5.74, 6) is 0.151. The number of para-hydroxylation sites is 2. The molecule has 190 valence electrons. The topological polar surface area (TPSA) is 88.5 Å². The van der Waals surface area contributed by atoms with Crippen molar-refractivity contribution in [2.24, 2.45) is 0 Å². The molecule has 2 N–H and O–H groups in total. The Balaban J connectivity index is 1.55. The van der Waals surface area contributed by atoms with E-state index in [9.17, 15) is 14.0 Å². The second-order valence-corrected chi connectivity index (χ2v) is 8.27. The maximum atomic E-state index is 13.5. The summed E-state index contributed by atoms with van der Waals surface area (Å²) in [6.07, 6.45) is 0.665. The fourth-order valence-electron chi connectivity index (χ4n) is 3.82. The van der Waals surface area contributed by atoms with Gasteiger partial charge in [-0.2, -0.15) is 5.10 Å². The number of amides is 3. The number of urea groups is 1. The second-order valence-electron chi connectivity index (χ2n) is 8.27. The molecular formula is C28H28FN5O3. The zero-order valence-electron chi connectivity index (χ0n) is 20.6. The summed E-state index contributed by atoms with van der Waals surface area (Å²) >= 11 is 0. The number of methoxy groups -OCH3 is 1. The van der Waals surface area contributed by atoms with Gasteiger partial charge in [-0.1, -0.05) is 49.4 Å². The summed E-state index contributed by atoms with van der Waals surface area (Å²) in [6, 6.07) is 23.7. The highest BCUT2D eigenvalue weighted by atomic mass is 19.1. The Morgan fingerprint density at radius 2 is 1.68 bits per heavy atom. The number of benzene rings is 3. The van der Waals surface area contributed by atoms with E-state index >= 15 is 0 Å². The van der Waals surface area contributed by atoms with Crippen LogP contribution in [0.4, 0.5) is 20.7 Å². The minimum atomic E-state index is -0.418. The second kappa shape index (κ2) is 11.9. The van der Waals surface area contributed by atoms with Crippen LogP contribution >= 0.6 is 0 Å². The standard InChI is InChI=1S/C28H28FN5O3/c1-3-17-33(28(36)30-23-11-7-8-12-25(23)37-2)19-27(35)31-26-18-24(20-9-5-4-6-10-20)32-34(26)22-15-13-21(29)14-16-22/h4-16,18H,3,17,19H2,1-2H3,(H,30,36)(H,31,35). The number of nitrogens with one attached hydrogen (secondary N) is 2. The number of anilines is 2. The first-order valence-corrected chi connectivity index (χ1v) is 11.9. The highest BCUT2D eigenvalue weighted by molar-refractivity contribution is 5.97. The van der Waals surface area contributed by atoms with Gasteiger partial charge in [0.25, 0.3) is 0 Å². The molecule has 4 aromatic rings. The van der Waals surface area contributed by atoms with Crippen LogP contribution in [0.1, 0.15) is 13.3 Å². The van der Waals surface area contributed by atoms with Crippen LogP contribution in [0.5, 0.6) is 5.75 Å². The molecule has 37 heavy (non-hydrogen) atoms. The van der Waals surface area contributed by atoms with Crippen molar-refractivity contribution >= 4 is 23.4 Å². The fourth-order valence-corrected chi connectivity index (χ4v) is 3.82. The van der Waals surface area contributed by atoms with Crippen LogP contribution in [0, 0.1) is 5.82 Å². The first-order valence-electron chi connectivity index (χ1n) is 11.9. The Morgan fingerprint density at radius 1 is 0.973 bits per heavy atom. The predicted molar refractivity (Wildman–Crippen MR) is 141 cm³/mol. The van der Waals surface area contributed by atoms with Gasteiger partial charge in [-0.15, -0.1) is 0 Å². The summed E-state index contributed by atoms with van der Waals surface area (Å²) in [5, 5.41) is 10.3. The van der Waals surface area contributed by atoms with E-state index in [1.54, 1.807) is 47.1 Å². The first-order chi connectivity index (χ1) is 18.0. The summed E-state index contributed by atoms with van der Waals surface area (Å²) in [7, 11) is 1.52. The normalized spacial score (nSPS) is 10.6. The summed E-state index contributed by atoms with van der Waals surface area (Å²) in [4.78, 5) is 27.5. The molecule has 0 saturated heterocycles. The molecule has 0 atom stereocenters. The number of hydrogen-bond acceptors (Lipinski definition) is 4. The molecule has 3 aromatic carbocycles. The SMILES string of the molecule is CCCN(CC(=O)Nc1cc(-c2ccccc2)nn1-c1ccc(F)cc1)C(=O)Nc1ccccc1OC. The van der Waals surface area contributed by atoms with Crippen molar-refractivity contribution in [3.05, 3.63) is 90.7 Å². The van der Waals surface area contributed by atoms with Crippen molar-refractivity contribution in [3.63, 3.8) is 0 Å². The molecule has 0 saturated carbocycles. The van der Waals surface area contributed by atoms with Crippen LogP contribution in [-0.2, 0) is 4.79 Å². The molecule has 0 unspecified atom stereocenters. The first kappa shape index (κ1) is 25.4. The maximum absolute atomic E-state index is 13.5. The minimum Gasteiger partial charge on any atom is -0.495 e. The van der Waals surface area contributed by atoms with Crippen LogP contribution in [0.25, 0.3) is 16.9 Å². The van der Waals surface area contributed by atoms with Gasteiger partial charge >= 0.3 is 6.03 Å². The third-order valence-corrected chi connectivity index (χ3v) is 5.58. The van der Waals surface area contributed by atoms with Crippen LogP contribution < -0.4 is 15.4 Å². The molecule has 0 radical (unpaired) electrons. The Labute approximate surface area is 214 Å². The van der Waals surface area contributed by atoms with Gasteiger partial charge in [-0.25, -0.2) is 13.9 Å². The summed E-state index contributed by atoms with van der Waals surface area (Å²) in [5.41, 5.74) is 2.60. The molecule has 8 nitrogen and oxygen atoms in total. The van der Waals surface area contributed by atoms with E-state index in [-0.39, 0.29) is 12.4 Å². The van der Waals surface area contributed by atoms with Gasteiger partial charge in [-0.05, 0) is 42.8 Å². The molecular weight excluding hydrogens is 473 g/mol. The third kappa shape index (κ3) is 6.32. The van der Waals surface area contributed by atoms with E-state index in [2.05, 4.69) is 15.7 Å². The number of carbonyl (C=O) groups excluding carboxylic acids is 2. The summed E-state index contributed by atoms with van der Waals surface area (Å²) in [6.45, 7) is 2.13. The summed E-state index contributed by atoms with van der Waals surface area (Å²) < 4.78 is 20.4. The zero-order chi connectivity index (χ0) is 26.2. The lowest BCUT2D eigenvalue weighted by atomic mass is 10.1. The average Bonchev–Trinajstić information content (AvgIpc) is 3.33. The molecule has 0 fully saturated rings. The average molecular weight is 502 g/mol. The quantitative estimate of drug-likeness (QED) is 0.314. The number of aromatic nitrogens is 2. The van der Waals surface area contributed by atoms with Gasteiger partial charge in [0.2, 0.25) is 5.91 Å². The number of carbonyl (C=O) groups is 2. The van der Waals surface area contributed by atoms with E-state index in [4.69, 9.17) is 4.74 Å². The molecule has 0 spiro atoms. The number of hydrogen-bond donors (Lipinski definition) is 2. The van der Waals surface area contributed by atoms with Crippen molar-refractivity contribution in [3.8, 4) is 22.7 Å². The highest BCUT2D eigenvalue weighted by Gasteiger charge is 2.20. The van der Waals surface area contributed by atoms with Crippen LogP contribution in [-0.4, -0.2) is 46.8 Å². The molecule has 0 aliphatic heterocycles. The van der Waals surface area contributed by atoms with Crippen molar-refractivity contribution < 1.29 is 18.7 Å². The molecule has 1 aromatic heterocycles. The van der Waals surface area contributed by atoms with Gasteiger partial charge in [-0.3, -0.25) is 4.79 Å². The van der Waals surface area contributed by atoms with E-state index < -0.39 is 11.9 Å². The molecule has 0 bridgehead atoms. The molecule has 9 heteroatoms. The van der Waals surface area contributed by atoms with Gasteiger partial charge < -0.3 is 20.3 Å². The van der Waals surface area contributed by atoms with Gasteiger partial charge in [0, 0.05) is 18.2 Å². The lowest BCUT2D eigenvalue weighted by molar-refractivity contribution is -0.116. The predicted octanol–water partition coefficient (Wildman–Crippen LogP) is 5.57. The van der Waals surface area contributed by atoms with E-state index in [1.807, 2.05) is 37.3 Å². The van der Waals surface area contributed by atoms with Gasteiger partial charge in [0.1, 0.15) is 23.9 Å². The molecule has 1 heterocycles. The van der Waals surface area contributed by atoms with Crippen LogP contribution in [0.3, 0.4) is 0 Å². The lowest BCUT2D eigenvalue weighted by Gasteiger charge is -2.22. The van der Waals surface area contributed by atoms with Crippen molar-refractivity contribution in [1.82, 2.24) is 14.7 Å². The third-order valence-electron chi connectivity index (χ3n) is 5.58. The zero-order valence-corrected chi connectivity index (χ0v) is 20.6. The monoisotopic (exact) mass is 501 g/mol. The lowest BCUT2D eigenvalue weighted by Crippen LogP contribution is -2.41. The molecule has 4 rings (SSSR count). The fraction of sp³-hybridized carbons (Fsp3) is 0.179. The number of halogens is 1. The Kier molecular flexibility index (Phi) is 8.15. The Bertz CT molecular complexity index is 1360. The van der Waals surface area contributed by atoms with Crippen LogP contribution in [0.2, 0.25) is 0 Å². The number of nitrogens with zero attached hydrogens (tertiary/aromatic N) is 3. The van der Waals surface area contributed by atoms with Crippen LogP contribution in [0.15, 0.2) is 84.9 Å². The molecule has 0 aliphatic rings. The number of rotatable bonds is 9. The van der Waals surface area contributed by atoms with Gasteiger partial charge in [0.15, 0.2) is 0 Å². The van der Waals surface area contributed by atoms with Crippen molar-refractivity contribution in [2.45, 2.75) is 13.3 Å². The smallest absolute Gasteiger partial charge is 0.322 e. The molecule has 3 amide bonds. The van der Waals surface area contributed by atoms with Crippen molar-refractivity contribution in [1.29, 1.82) is 0 Å². The van der Waals surface area contributed by atoms with E-state index in [1.165, 1.54) is 24.1 Å². The number of ether oxygens (including phenoxy) is 1. The Hall–Kier alpha value is -4.66. The maximum Gasteiger partial charge on any atom is 0.322 e. The largest absolute Gasteiger partial charge is 0.495 e. The van der Waals surface area contributed by atoms with E-state index in [0.717, 1.165) is 5.56 Å². The van der Waals surface area contributed by atoms with E-state index in [0.29, 0.717) is 41.6 Å². The van der Waals surface area contributed by atoms with Crippen molar-refractivity contribution in [2.75, 3.05) is 30.8 Å². The van der Waals surface area contributed by atoms with Gasteiger partial charge in [0.05, 0.1) is 24.2 Å².